The van der Waals surface area contributed by atoms with E-state index in [1.54, 1.807) is 0 Å². The van der Waals surface area contributed by atoms with E-state index >= 15 is 0 Å². The summed E-state index contributed by atoms with van der Waals surface area (Å²) in [4.78, 5) is 12.4. The second-order valence-electron chi connectivity index (χ2n) is 10.8. The van der Waals surface area contributed by atoms with E-state index in [0.29, 0.717) is 12.2 Å². The number of benzene rings is 3. The zero-order valence-corrected chi connectivity index (χ0v) is 22.2. The lowest BCUT2D eigenvalue weighted by Gasteiger charge is -2.30. The van der Waals surface area contributed by atoms with Crippen LogP contribution in [0.25, 0.3) is 10.8 Å². The Morgan fingerprint density at radius 2 is 1.63 bits per heavy atom. The number of nitrogens with one attached hydrogen (secondary N) is 1. The quantitative estimate of drug-likeness (QED) is 0.169. The number of rotatable bonds is 11. The summed E-state index contributed by atoms with van der Waals surface area (Å²) in [5, 5.41) is 11.1. The molecule has 0 radical (unpaired) electrons. The Hall–Kier alpha value is -2.85. The molecule has 0 aliphatic rings. The molecule has 0 unspecified atom stereocenters. The highest BCUT2D eigenvalue weighted by molar-refractivity contribution is 6.07. The van der Waals surface area contributed by atoms with E-state index in [0.717, 1.165) is 54.2 Å². The molecule has 0 aliphatic heterocycles. The average Bonchev–Trinajstić information content (AvgIpc) is 2.87. The van der Waals surface area contributed by atoms with Crippen LogP contribution in [0.15, 0.2) is 54.6 Å². The lowest BCUT2D eigenvalue weighted by atomic mass is 9.76. The first kappa shape index (κ1) is 26.7. The molecule has 3 aromatic carbocycles. The molecule has 0 bridgehead atoms. The smallest absolute Gasteiger partial charge is 0.275 e. The molecule has 1 amide bonds. The number of amides is 1. The van der Waals surface area contributed by atoms with Crippen LogP contribution in [-0.2, 0) is 17.3 Å². The Morgan fingerprint density at radius 3 is 2.31 bits per heavy atom. The van der Waals surface area contributed by atoms with E-state index in [9.17, 15) is 10.0 Å². The van der Waals surface area contributed by atoms with Crippen molar-refractivity contribution in [1.29, 1.82) is 0 Å². The van der Waals surface area contributed by atoms with Gasteiger partial charge in [0.05, 0.1) is 12.2 Å². The largest absolute Gasteiger partial charge is 0.493 e. The Morgan fingerprint density at radius 1 is 0.914 bits per heavy atom. The van der Waals surface area contributed by atoms with E-state index in [2.05, 4.69) is 59.7 Å². The third kappa shape index (κ3) is 6.05. The molecular weight excluding hydrogens is 434 g/mol. The van der Waals surface area contributed by atoms with Gasteiger partial charge in [-0.3, -0.25) is 10.0 Å². The molecule has 3 aromatic rings. The Bertz CT molecular complexity index is 1160. The van der Waals surface area contributed by atoms with Crippen molar-refractivity contribution in [2.24, 2.45) is 0 Å². The summed E-state index contributed by atoms with van der Waals surface area (Å²) in [7, 11) is 0. The van der Waals surface area contributed by atoms with E-state index in [1.807, 2.05) is 41.9 Å². The van der Waals surface area contributed by atoms with Crippen LogP contribution in [0.3, 0.4) is 0 Å². The van der Waals surface area contributed by atoms with Gasteiger partial charge in [0.2, 0.25) is 0 Å². The molecule has 35 heavy (non-hydrogen) atoms. The van der Waals surface area contributed by atoms with Crippen molar-refractivity contribution in [3.63, 3.8) is 0 Å². The van der Waals surface area contributed by atoms with Gasteiger partial charge in [0.15, 0.2) is 0 Å². The predicted octanol–water partition coefficient (Wildman–Crippen LogP) is 7.74. The highest BCUT2D eigenvalue weighted by atomic mass is 16.5. The molecule has 0 saturated carbocycles. The lowest BCUT2D eigenvalue weighted by molar-refractivity contribution is 0.0707. The molecule has 0 atom stereocenters. The summed E-state index contributed by atoms with van der Waals surface area (Å²) < 4.78 is 6.31. The second kappa shape index (κ2) is 11.3. The highest BCUT2D eigenvalue weighted by Crippen LogP contribution is 2.38. The zero-order valence-electron chi connectivity index (χ0n) is 22.2. The maximum Gasteiger partial charge on any atom is 0.275 e. The van der Waals surface area contributed by atoms with Gasteiger partial charge in [-0.1, -0.05) is 90.1 Å². The molecule has 0 aromatic heterocycles. The van der Waals surface area contributed by atoms with Crippen molar-refractivity contribution in [3.05, 3.63) is 76.9 Å². The van der Waals surface area contributed by atoms with Gasteiger partial charge in [-0.2, -0.15) is 0 Å². The molecule has 188 valence electrons. The van der Waals surface area contributed by atoms with Gasteiger partial charge in [0.25, 0.3) is 5.91 Å². The molecule has 4 heteroatoms. The minimum atomic E-state index is -0.463. The summed E-state index contributed by atoms with van der Waals surface area (Å²) in [6.45, 7) is 14.2. The number of aryl methyl sites for hydroxylation is 1. The second-order valence-corrected chi connectivity index (χ2v) is 10.8. The van der Waals surface area contributed by atoms with Crippen LogP contribution in [0.1, 0.15) is 94.3 Å². The first-order valence-electron chi connectivity index (χ1n) is 12.9. The van der Waals surface area contributed by atoms with Crippen LogP contribution in [0.2, 0.25) is 0 Å². The van der Waals surface area contributed by atoms with Crippen LogP contribution in [-0.4, -0.2) is 17.7 Å². The van der Waals surface area contributed by atoms with Crippen LogP contribution in [0, 0.1) is 0 Å². The van der Waals surface area contributed by atoms with Crippen LogP contribution >= 0.6 is 0 Å². The van der Waals surface area contributed by atoms with E-state index < -0.39 is 5.91 Å². The van der Waals surface area contributed by atoms with Gasteiger partial charge >= 0.3 is 0 Å². The van der Waals surface area contributed by atoms with E-state index in [4.69, 9.17) is 4.74 Å². The van der Waals surface area contributed by atoms with Crippen molar-refractivity contribution in [3.8, 4) is 5.75 Å². The molecule has 0 heterocycles. The van der Waals surface area contributed by atoms with Crippen LogP contribution in [0.4, 0.5) is 0 Å². The summed E-state index contributed by atoms with van der Waals surface area (Å²) in [5.74, 6) is 0.508. The molecular formula is C31H41NO3. The van der Waals surface area contributed by atoms with Gasteiger partial charge in [-0.15, -0.1) is 0 Å². The Kier molecular flexibility index (Phi) is 8.60. The summed E-state index contributed by atoms with van der Waals surface area (Å²) >= 11 is 0. The summed E-state index contributed by atoms with van der Waals surface area (Å²) in [5.41, 5.74) is 6.11. The van der Waals surface area contributed by atoms with Crippen molar-refractivity contribution in [1.82, 2.24) is 5.48 Å². The average molecular weight is 476 g/mol. The maximum absolute atomic E-state index is 12.4. The molecule has 0 aliphatic carbocycles. The molecule has 3 rings (SSSR count). The molecule has 0 fully saturated rings. The fourth-order valence-corrected chi connectivity index (χ4v) is 4.45. The number of ether oxygens (including phenoxy) is 1. The summed E-state index contributed by atoms with van der Waals surface area (Å²) in [6.07, 6.45) is 4.63. The SMILES string of the molecule is CCC(C)(C)c1ccc(OCCCCc2ccc3ccccc3c2C(=O)NO)c(C(C)(C)CC)c1. The van der Waals surface area contributed by atoms with Crippen LogP contribution < -0.4 is 10.2 Å². The van der Waals surface area contributed by atoms with E-state index in [1.165, 1.54) is 11.1 Å². The van der Waals surface area contributed by atoms with Gasteiger partial charge in [-0.05, 0) is 70.9 Å². The molecule has 4 nitrogen and oxygen atoms in total. The first-order chi connectivity index (χ1) is 16.6. The summed E-state index contributed by atoms with van der Waals surface area (Å²) in [6, 6.07) is 18.5. The van der Waals surface area contributed by atoms with Crippen LogP contribution in [0.5, 0.6) is 5.75 Å². The molecule has 2 N–H and O–H groups in total. The maximum atomic E-state index is 12.4. The van der Waals surface area contributed by atoms with Crippen molar-refractivity contribution >= 4 is 16.7 Å². The minimum absolute atomic E-state index is 0.0345. The number of hydrogen-bond donors (Lipinski definition) is 2. The molecule has 0 spiro atoms. The monoisotopic (exact) mass is 475 g/mol. The van der Waals surface area contributed by atoms with Gasteiger partial charge in [0, 0.05) is 5.56 Å². The van der Waals surface area contributed by atoms with Crippen molar-refractivity contribution < 1.29 is 14.7 Å². The third-order valence-corrected chi connectivity index (χ3v) is 7.70. The number of carbonyl (C=O) groups excluding carboxylic acids is 1. The number of hydrogen-bond acceptors (Lipinski definition) is 3. The zero-order chi connectivity index (χ0) is 25.6. The molecule has 0 saturated heterocycles. The fourth-order valence-electron chi connectivity index (χ4n) is 4.45. The van der Waals surface area contributed by atoms with Crippen molar-refractivity contribution in [2.45, 2.75) is 84.5 Å². The third-order valence-electron chi connectivity index (χ3n) is 7.70. The standard InChI is InChI=1S/C31H41NO3/c1-7-30(3,4)24-18-19-27(26(21-24)31(5,6)8-2)35-20-12-11-14-23-17-16-22-13-9-10-15-25(22)28(23)29(33)32-34/h9-10,13,15-19,21,34H,7-8,11-12,14,20H2,1-6H3,(H,32,33). The van der Waals surface area contributed by atoms with Crippen molar-refractivity contribution in [2.75, 3.05) is 6.61 Å². The minimum Gasteiger partial charge on any atom is -0.493 e. The van der Waals surface area contributed by atoms with E-state index in [-0.39, 0.29) is 10.8 Å². The topological polar surface area (TPSA) is 58.6 Å². The predicted molar refractivity (Wildman–Crippen MR) is 145 cm³/mol. The Balaban J connectivity index is 1.71. The Labute approximate surface area is 210 Å². The lowest BCUT2D eigenvalue weighted by Crippen LogP contribution is -2.21. The first-order valence-corrected chi connectivity index (χ1v) is 12.9. The highest BCUT2D eigenvalue weighted by Gasteiger charge is 2.26. The van der Waals surface area contributed by atoms with Gasteiger partial charge < -0.3 is 4.74 Å². The number of hydroxylamine groups is 1. The van der Waals surface area contributed by atoms with Gasteiger partial charge in [-0.25, -0.2) is 5.48 Å². The number of fused-ring (bicyclic) bond motifs is 1. The number of carbonyl (C=O) groups is 1. The van der Waals surface area contributed by atoms with Gasteiger partial charge in [0.1, 0.15) is 5.75 Å². The normalized spacial score (nSPS) is 12.1. The number of unbranched alkanes of at least 4 members (excludes halogenated alkanes) is 1. The fraction of sp³-hybridized carbons (Fsp3) is 0.452.